The summed E-state index contributed by atoms with van der Waals surface area (Å²) in [5, 5.41) is 1.28. The number of methoxy groups -OCH3 is 1. The van der Waals surface area contributed by atoms with Crippen LogP contribution in [0, 0.1) is 0 Å². The molecule has 0 saturated carbocycles. The molecule has 37 heavy (non-hydrogen) atoms. The van der Waals surface area contributed by atoms with Crippen LogP contribution in [0.5, 0.6) is 0 Å². The number of aromatic nitrogens is 1. The lowest BCUT2D eigenvalue weighted by Gasteiger charge is -2.27. The van der Waals surface area contributed by atoms with E-state index >= 15 is 0 Å². The summed E-state index contributed by atoms with van der Waals surface area (Å²) >= 11 is 25.9. The molecule has 12 heteroatoms. The van der Waals surface area contributed by atoms with Gasteiger partial charge in [0.1, 0.15) is 10.5 Å². The van der Waals surface area contributed by atoms with E-state index in [9.17, 15) is 14.4 Å². The molecule has 192 valence electrons. The van der Waals surface area contributed by atoms with Gasteiger partial charge < -0.3 is 15.2 Å². The van der Waals surface area contributed by atoms with Crippen LogP contribution in [0.25, 0.3) is 17.5 Å². The van der Waals surface area contributed by atoms with Gasteiger partial charge in [-0.15, -0.1) is 11.3 Å². The molecule has 1 atom stereocenters. The predicted octanol–water partition coefficient (Wildman–Crippen LogP) is 4.16. The van der Waals surface area contributed by atoms with Crippen molar-refractivity contribution in [1.82, 2.24) is 4.57 Å². The maximum absolute atomic E-state index is 13.5. The fourth-order valence-electron chi connectivity index (χ4n) is 3.97. The van der Waals surface area contributed by atoms with Gasteiger partial charge in [0.15, 0.2) is 0 Å². The Morgan fingerprint density at radius 2 is 1.68 bits per heavy atom. The fraction of sp³-hybridized carbons (Fsp3) is 0.160. The molecular formula is C25H18Cl4N2O5S. The summed E-state index contributed by atoms with van der Waals surface area (Å²) in [7, 11) is 1.17. The third-order valence-corrected chi connectivity index (χ3v) is 7.80. The molecule has 0 amide bonds. The lowest BCUT2D eigenvalue weighted by molar-refractivity contribution is -0.136. The predicted molar refractivity (Wildman–Crippen MR) is 147 cm³/mol. The molecule has 2 N–H and O–H groups in total. The molecule has 0 spiro atoms. The van der Waals surface area contributed by atoms with Crippen LogP contribution in [-0.4, -0.2) is 30.2 Å². The first-order valence-corrected chi connectivity index (χ1v) is 13.0. The highest BCUT2D eigenvalue weighted by Crippen LogP contribution is 2.41. The van der Waals surface area contributed by atoms with Gasteiger partial charge in [0.25, 0.3) is 5.56 Å². The molecule has 1 aliphatic heterocycles. The summed E-state index contributed by atoms with van der Waals surface area (Å²) in [6, 6.07) is 9.44. The van der Waals surface area contributed by atoms with Gasteiger partial charge in [-0.3, -0.25) is 9.36 Å². The Balaban J connectivity index is 2.15. The lowest BCUT2D eigenvalue weighted by atomic mass is 9.83. The number of hydrogen-bond donors (Lipinski definition) is 1. The van der Waals surface area contributed by atoms with Crippen LogP contribution >= 0.6 is 57.7 Å². The highest BCUT2D eigenvalue weighted by Gasteiger charge is 2.40. The van der Waals surface area contributed by atoms with Crippen molar-refractivity contribution in [2.24, 2.45) is 5.73 Å². The summed E-state index contributed by atoms with van der Waals surface area (Å²) in [6.45, 7) is 1.69. The number of nitrogens with zero attached hydrogens (tertiary/aromatic N) is 1. The smallest absolute Gasteiger partial charge is 0.338 e. The topological polar surface area (TPSA) is 101 Å². The maximum Gasteiger partial charge on any atom is 0.338 e. The van der Waals surface area contributed by atoms with Gasteiger partial charge in [-0.25, -0.2) is 9.59 Å². The highest BCUT2D eigenvalue weighted by molar-refractivity contribution is 7.07. The van der Waals surface area contributed by atoms with E-state index in [1.54, 1.807) is 43.3 Å². The number of fused-ring (bicyclic) bond motifs is 1. The highest BCUT2D eigenvalue weighted by atomic mass is 35.5. The Morgan fingerprint density at radius 1 is 1.03 bits per heavy atom. The van der Waals surface area contributed by atoms with Crippen LogP contribution in [0.1, 0.15) is 24.0 Å². The molecule has 1 aromatic heterocycles. The number of rotatable bonds is 5. The average molecular weight is 600 g/mol. The molecule has 3 aromatic rings. The van der Waals surface area contributed by atoms with Gasteiger partial charge in [0.05, 0.1) is 35.3 Å². The minimum absolute atomic E-state index is 0.00428. The second-order valence-corrected chi connectivity index (χ2v) is 10.5. The first-order valence-electron chi connectivity index (χ1n) is 10.7. The largest absolute Gasteiger partial charge is 0.466 e. The molecule has 0 radical (unpaired) electrons. The van der Waals surface area contributed by atoms with E-state index < -0.39 is 23.4 Å². The molecule has 0 saturated heterocycles. The molecule has 0 aliphatic carbocycles. The van der Waals surface area contributed by atoms with Crippen LogP contribution < -0.4 is 20.5 Å². The molecule has 1 aliphatic rings. The summed E-state index contributed by atoms with van der Waals surface area (Å²) < 4.78 is 11.8. The zero-order valence-electron chi connectivity index (χ0n) is 19.3. The second kappa shape index (κ2) is 10.9. The van der Waals surface area contributed by atoms with E-state index in [2.05, 4.69) is 0 Å². The summed E-state index contributed by atoms with van der Waals surface area (Å²) in [5.41, 5.74) is 6.60. The molecule has 2 aromatic carbocycles. The number of carbonyl (C=O) groups is 2. The van der Waals surface area contributed by atoms with Gasteiger partial charge >= 0.3 is 11.9 Å². The number of thiazole rings is 1. The number of halogens is 4. The number of esters is 2. The van der Waals surface area contributed by atoms with E-state index in [1.165, 1.54) is 13.2 Å². The number of benzene rings is 2. The number of nitrogens with two attached hydrogens (primary N) is 1. The summed E-state index contributed by atoms with van der Waals surface area (Å²) in [6.07, 6.45) is 1.55. The normalized spacial score (nSPS) is 15.6. The molecular weight excluding hydrogens is 582 g/mol. The van der Waals surface area contributed by atoms with Crippen molar-refractivity contribution in [2.75, 3.05) is 13.7 Å². The summed E-state index contributed by atoms with van der Waals surface area (Å²) in [5.74, 6) is -2.89. The number of ether oxygens (including phenoxy) is 2. The van der Waals surface area contributed by atoms with Crippen LogP contribution in [0.3, 0.4) is 0 Å². The number of carbonyl (C=O) groups excluding carboxylic acids is 2. The van der Waals surface area contributed by atoms with Gasteiger partial charge in [-0.2, -0.15) is 0 Å². The van der Waals surface area contributed by atoms with Gasteiger partial charge in [-0.05, 0) is 48.4 Å². The molecule has 1 unspecified atom stereocenters. The van der Waals surface area contributed by atoms with Crippen molar-refractivity contribution >= 4 is 87.1 Å². The zero-order valence-corrected chi connectivity index (χ0v) is 23.2. The third kappa shape index (κ3) is 5.04. The molecule has 2 heterocycles. The van der Waals surface area contributed by atoms with Gasteiger partial charge in [-0.1, -0.05) is 58.5 Å². The SMILES string of the molecule is CCOC(=O)C1=c2s/c(=C\c3ccc(Cl)cc3Cl)c(=O)n2C(N)=C(C(=O)OC)C1c1ccc(Cl)cc1Cl. The minimum atomic E-state index is -1.10. The van der Waals surface area contributed by atoms with Gasteiger partial charge in [0.2, 0.25) is 0 Å². The quantitative estimate of drug-likeness (QED) is 0.442. The summed E-state index contributed by atoms with van der Waals surface area (Å²) in [4.78, 5) is 39.9. The monoisotopic (exact) mass is 598 g/mol. The van der Waals surface area contributed by atoms with Crippen molar-refractivity contribution < 1.29 is 19.1 Å². The second-order valence-electron chi connectivity index (χ2n) is 7.75. The first-order chi connectivity index (χ1) is 17.6. The van der Waals surface area contributed by atoms with E-state index in [0.717, 1.165) is 15.9 Å². The van der Waals surface area contributed by atoms with Crippen molar-refractivity contribution in [3.05, 3.63) is 92.7 Å². The Labute approximate surface area is 234 Å². The van der Waals surface area contributed by atoms with E-state index in [0.29, 0.717) is 26.2 Å². The molecule has 0 fully saturated rings. The van der Waals surface area contributed by atoms with Gasteiger partial charge in [0, 0.05) is 20.1 Å². The standard InChI is InChI=1S/C25H18Cl4N2O5S/c1-3-36-25(34)20-18(14-7-6-13(27)10-16(14)29)19(24(33)35-2)21(30)31-22(32)17(37-23(20)31)8-11-4-5-12(26)9-15(11)28/h4-10,18H,3,30H2,1-2H3/b17-8-. The third-order valence-electron chi connectivity index (χ3n) is 5.57. The molecule has 4 rings (SSSR count). The van der Waals surface area contributed by atoms with Crippen molar-refractivity contribution in [1.29, 1.82) is 0 Å². The van der Waals surface area contributed by atoms with Crippen molar-refractivity contribution in [3.63, 3.8) is 0 Å². The fourth-order valence-corrected chi connectivity index (χ4v) is 6.11. The van der Waals surface area contributed by atoms with Crippen LogP contribution in [0.4, 0.5) is 0 Å². The minimum Gasteiger partial charge on any atom is -0.466 e. The maximum atomic E-state index is 13.5. The van der Waals surface area contributed by atoms with Crippen LogP contribution in [0.2, 0.25) is 20.1 Å². The Hall–Kier alpha value is -2.75. The zero-order chi connectivity index (χ0) is 27.0. The van der Waals surface area contributed by atoms with Crippen molar-refractivity contribution in [3.8, 4) is 0 Å². The van der Waals surface area contributed by atoms with Crippen molar-refractivity contribution in [2.45, 2.75) is 12.8 Å². The Bertz CT molecular complexity index is 1660. The van der Waals surface area contributed by atoms with Crippen LogP contribution in [0.15, 0.2) is 46.8 Å². The van der Waals surface area contributed by atoms with E-state index in [-0.39, 0.29) is 37.8 Å². The van der Waals surface area contributed by atoms with E-state index in [4.69, 9.17) is 61.6 Å². The Kier molecular flexibility index (Phi) is 8.06. The number of hydrogen-bond acceptors (Lipinski definition) is 7. The van der Waals surface area contributed by atoms with Crippen LogP contribution in [-0.2, 0) is 19.1 Å². The first kappa shape index (κ1) is 27.3. The van der Waals surface area contributed by atoms with E-state index in [1.807, 2.05) is 0 Å². The lowest BCUT2D eigenvalue weighted by Crippen LogP contribution is -2.41. The Morgan fingerprint density at radius 3 is 2.27 bits per heavy atom. The average Bonchev–Trinajstić information content (AvgIpc) is 3.16. The molecule has 7 nitrogen and oxygen atoms in total. The molecule has 0 bridgehead atoms.